The lowest BCUT2D eigenvalue weighted by atomic mass is 10.1. The number of sulfonamides is 1. The highest BCUT2D eigenvalue weighted by Crippen LogP contribution is 2.16. The van der Waals surface area contributed by atoms with Gasteiger partial charge in [-0.15, -0.1) is 4.40 Å². The molecule has 1 amide bonds. The Kier molecular flexibility index (Phi) is 5.39. The molecule has 7 heteroatoms. The molecule has 122 valence electrons. The van der Waals surface area contributed by atoms with Crippen LogP contribution in [0.15, 0.2) is 28.3 Å². The van der Waals surface area contributed by atoms with Crippen molar-refractivity contribution in [2.24, 2.45) is 4.40 Å². The number of nitrogens with one attached hydrogen (secondary N) is 1. The van der Waals surface area contributed by atoms with Crippen molar-refractivity contribution in [3.05, 3.63) is 23.9 Å². The van der Waals surface area contributed by atoms with Crippen LogP contribution in [0.1, 0.15) is 39.5 Å². The zero-order chi connectivity index (χ0) is 16.2. The number of amidine groups is 1. The fourth-order valence-electron chi connectivity index (χ4n) is 2.42. The summed E-state index contributed by atoms with van der Waals surface area (Å²) in [4.78, 5) is 13.9. The molecular formula is C15H23N3O3S. The Hall–Kier alpha value is -1.63. The Morgan fingerprint density at radius 2 is 2.18 bits per heavy atom. The van der Waals surface area contributed by atoms with Gasteiger partial charge in [0.15, 0.2) is 0 Å². The Balaban J connectivity index is 1.96. The zero-order valence-electron chi connectivity index (χ0n) is 13.1. The highest BCUT2D eigenvalue weighted by atomic mass is 32.2. The normalized spacial score (nSPS) is 20.7. The lowest BCUT2D eigenvalue weighted by molar-refractivity contribution is -0.117. The number of nitrogens with zero attached hydrogens (tertiary/aromatic N) is 2. The third-order valence-corrected chi connectivity index (χ3v) is 4.87. The number of hydrogen-bond donors (Lipinski definition) is 1. The fraction of sp³-hybridized carbons (Fsp3) is 0.600. The van der Waals surface area contributed by atoms with Gasteiger partial charge in [0.1, 0.15) is 5.84 Å². The first-order valence-electron chi connectivity index (χ1n) is 7.71. The maximum Gasteiger partial charge on any atom is 0.256 e. The van der Waals surface area contributed by atoms with E-state index in [-0.39, 0.29) is 17.7 Å². The molecule has 0 aromatic carbocycles. The first kappa shape index (κ1) is 16.7. The Morgan fingerprint density at radius 1 is 1.41 bits per heavy atom. The van der Waals surface area contributed by atoms with Crippen LogP contribution in [0.2, 0.25) is 0 Å². The van der Waals surface area contributed by atoms with Crippen LogP contribution in [0, 0.1) is 0 Å². The number of carbonyl (C=O) groups is 1. The third-order valence-electron chi connectivity index (χ3n) is 3.70. The highest BCUT2D eigenvalue weighted by molar-refractivity contribution is 7.90. The van der Waals surface area contributed by atoms with E-state index in [0.29, 0.717) is 18.0 Å². The molecule has 6 nitrogen and oxygen atoms in total. The molecule has 22 heavy (non-hydrogen) atoms. The molecule has 1 atom stereocenters. The van der Waals surface area contributed by atoms with Crippen LogP contribution in [-0.2, 0) is 14.8 Å². The third kappa shape index (κ3) is 4.43. The number of amides is 1. The fourth-order valence-corrected chi connectivity index (χ4v) is 3.38. The van der Waals surface area contributed by atoms with Gasteiger partial charge in [-0.05, 0) is 25.5 Å². The minimum atomic E-state index is -3.36. The molecule has 0 spiro atoms. The summed E-state index contributed by atoms with van der Waals surface area (Å²) in [7, 11) is -3.36. The second-order valence-electron chi connectivity index (χ2n) is 5.72. The predicted octanol–water partition coefficient (Wildman–Crippen LogP) is 1.57. The Morgan fingerprint density at radius 3 is 2.91 bits per heavy atom. The van der Waals surface area contributed by atoms with Gasteiger partial charge in [0.05, 0.1) is 11.3 Å². The minimum absolute atomic E-state index is 0.0246. The molecule has 0 saturated heterocycles. The molecule has 0 aromatic rings. The highest BCUT2D eigenvalue weighted by Gasteiger charge is 2.25. The van der Waals surface area contributed by atoms with Gasteiger partial charge in [0.2, 0.25) is 0 Å². The van der Waals surface area contributed by atoms with Crippen molar-refractivity contribution in [2.75, 3.05) is 12.3 Å². The van der Waals surface area contributed by atoms with Crippen molar-refractivity contribution in [1.29, 1.82) is 0 Å². The van der Waals surface area contributed by atoms with E-state index in [9.17, 15) is 13.2 Å². The first-order chi connectivity index (χ1) is 10.4. The summed E-state index contributed by atoms with van der Waals surface area (Å²) in [5, 5.41) is 2.98. The number of rotatable bonds is 6. The molecular weight excluding hydrogens is 302 g/mol. The summed E-state index contributed by atoms with van der Waals surface area (Å²) in [6, 6.07) is 0.130. The molecule has 0 aromatic heterocycles. The SMILES string of the molecule is CCCCCC(C)NC(=O)C1=CN2CCS(=O)(=O)N=C2C=C1. The largest absolute Gasteiger partial charge is 0.350 e. The van der Waals surface area contributed by atoms with Gasteiger partial charge in [0, 0.05) is 18.8 Å². The van der Waals surface area contributed by atoms with Crippen LogP contribution in [0.4, 0.5) is 0 Å². The molecule has 0 radical (unpaired) electrons. The first-order valence-corrected chi connectivity index (χ1v) is 9.32. The van der Waals surface area contributed by atoms with Crippen LogP contribution >= 0.6 is 0 Å². The number of hydrogen-bond acceptors (Lipinski definition) is 4. The van der Waals surface area contributed by atoms with Crippen LogP contribution in [-0.4, -0.2) is 43.4 Å². The number of carbonyl (C=O) groups excluding carboxylic acids is 1. The predicted molar refractivity (Wildman–Crippen MR) is 86.9 cm³/mol. The lowest BCUT2D eigenvalue weighted by Crippen LogP contribution is -2.39. The number of unbranched alkanes of at least 4 members (excludes halogenated alkanes) is 2. The summed E-state index contributed by atoms with van der Waals surface area (Å²) >= 11 is 0. The molecule has 1 N–H and O–H groups in total. The molecule has 2 heterocycles. The molecule has 2 aliphatic heterocycles. The topological polar surface area (TPSA) is 78.8 Å². The van der Waals surface area contributed by atoms with Crippen molar-refractivity contribution in [3.8, 4) is 0 Å². The second-order valence-corrected chi connectivity index (χ2v) is 7.47. The van der Waals surface area contributed by atoms with Crippen molar-refractivity contribution >= 4 is 21.8 Å². The van der Waals surface area contributed by atoms with Crippen molar-refractivity contribution in [1.82, 2.24) is 10.2 Å². The van der Waals surface area contributed by atoms with E-state index >= 15 is 0 Å². The maximum absolute atomic E-state index is 12.2. The summed E-state index contributed by atoms with van der Waals surface area (Å²) in [6.45, 7) is 4.48. The second kappa shape index (κ2) is 7.09. The van der Waals surface area contributed by atoms with E-state index in [1.165, 1.54) is 6.42 Å². The molecule has 2 rings (SSSR count). The summed E-state index contributed by atoms with van der Waals surface area (Å²) < 4.78 is 26.6. The Bertz CT molecular complexity index is 620. The summed E-state index contributed by atoms with van der Waals surface area (Å²) in [5.41, 5.74) is 0.528. The molecule has 0 aliphatic carbocycles. The van der Waals surface area contributed by atoms with Gasteiger partial charge in [-0.2, -0.15) is 0 Å². The zero-order valence-corrected chi connectivity index (χ0v) is 13.9. The summed E-state index contributed by atoms with van der Waals surface area (Å²) in [6.07, 6.45) is 9.26. The van der Waals surface area contributed by atoms with Gasteiger partial charge >= 0.3 is 0 Å². The van der Waals surface area contributed by atoms with Gasteiger partial charge < -0.3 is 10.2 Å². The van der Waals surface area contributed by atoms with Crippen LogP contribution in [0.3, 0.4) is 0 Å². The Labute approximate surface area is 132 Å². The van der Waals surface area contributed by atoms with E-state index in [1.54, 1.807) is 23.3 Å². The van der Waals surface area contributed by atoms with Gasteiger partial charge in [-0.1, -0.05) is 26.2 Å². The van der Waals surface area contributed by atoms with Crippen molar-refractivity contribution in [2.45, 2.75) is 45.6 Å². The van der Waals surface area contributed by atoms with Crippen LogP contribution < -0.4 is 5.32 Å². The standard InChI is InChI=1S/C15H23N3O3S/c1-3-4-5-6-12(2)16-15(19)13-7-8-14-17-22(20,21)10-9-18(14)11-13/h7-8,11-12H,3-6,9-10H2,1-2H3,(H,16,19). The monoisotopic (exact) mass is 325 g/mol. The van der Waals surface area contributed by atoms with E-state index in [4.69, 9.17) is 0 Å². The minimum Gasteiger partial charge on any atom is -0.350 e. The number of fused-ring (bicyclic) bond motifs is 1. The van der Waals surface area contributed by atoms with Gasteiger partial charge in [-0.3, -0.25) is 4.79 Å². The quantitative estimate of drug-likeness (QED) is 0.752. The lowest BCUT2D eigenvalue weighted by Gasteiger charge is -2.27. The average molecular weight is 325 g/mol. The maximum atomic E-state index is 12.2. The van der Waals surface area contributed by atoms with E-state index < -0.39 is 10.0 Å². The van der Waals surface area contributed by atoms with Gasteiger partial charge in [-0.25, -0.2) is 8.42 Å². The average Bonchev–Trinajstić information content (AvgIpc) is 2.46. The van der Waals surface area contributed by atoms with Crippen molar-refractivity contribution in [3.63, 3.8) is 0 Å². The molecule has 1 unspecified atom stereocenters. The molecule has 0 bridgehead atoms. The molecule has 2 aliphatic rings. The summed E-state index contributed by atoms with van der Waals surface area (Å²) in [5.74, 6) is 0.218. The van der Waals surface area contributed by atoms with Gasteiger partial charge in [0.25, 0.3) is 15.9 Å². The van der Waals surface area contributed by atoms with Crippen LogP contribution in [0.25, 0.3) is 0 Å². The van der Waals surface area contributed by atoms with E-state index in [2.05, 4.69) is 16.6 Å². The van der Waals surface area contributed by atoms with E-state index in [1.807, 2.05) is 6.92 Å². The van der Waals surface area contributed by atoms with Crippen molar-refractivity contribution < 1.29 is 13.2 Å². The molecule has 0 fully saturated rings. The smallest absolute Gasteiger partial charge is 0.256 e. The van der Waals surface area contributed by atoms with E-state index in [0.717, 1.165) is 19.3 Å². The van der Waals surface area contributed by atoms with Crippen LogP contribution in [0.5, 0.6) is 0 Å². The molecule has 0 saturated carbocycles.